The number of hydrogen-bond donors (Lipinski definition) is 2. The lowest BCUT2D eigenvalue weighted by Crippen LogP contribution is -2.49. The highest BCUT2D eigenvalue weighted by molar-refractivity contribution is 6.30. The number of aromatic nitrogens is 1. The number of alkyl halides is 3. The Labute approximate surface area is 173 Å². The molecule has 0 spiro atoms. The van der Waals surface area contributed by atoms with Crippen molar-refractivity contribution in [2.45, 2.75) is 26.6 Å². The van der Waals surface area contributed by atoms with E-state index in [4.69, 9.17) is 11.6 Å². The van der Waals surface area contributed by atoms with Gasteiger partial charge in [-0.2, -0.15) is 13.2 Å². The smallest absolute Gasteiger partial charge is 0.331 e. The monoisotopic (exact) mass is 450 g/mol. The molecule has 2 rings (SSSR count). The first-order chi connectivity index (χ1) is 13.9. The molecule has 0 unspecified atom stereocenters. The zero-order valence-corrected chi connectivity index (χ0v) is 16.5. The number of carbonyl (C=O) groups is 2. The minimum Gasteiger partial charge on any atom is -0.331 e. The van der Waals surface area contributed by atoms with Gasteiger partial charge in [0, 0.05) is 30.3 Å². The van der Waals surface area contributed by atoms with Gasteiger partial charge in [-0.05, 0) is 30.7 Å². The summed E-state index contributed by atoms with van der Waals surface area (Å²) in [6, 6.07) is 1.36. The largest absolute Gasteiger partial charge is 0.419 e. The Morgan fingerprint density at radius 1 is 1.17 bits per heavy atom. The lowest BCUT2D eigenvalue weighted by atomic mass is 9.99. The highest BCUT2D eigenvalue weighted by Gasteiger charge is 2.37. The van der Waals surface area contributed by atoms with Crippen LogP contribution in [0.2, 0.25) is 5.02 Å². The number of carbonyl (C=O) groups excluding carboxylic acids is 2. The average Bonchev–Trinajstić information content (AvgIpc) is 2.62. The summed E-state index contributed by atoms with van der Waals surface area (Å²) in [4.78, 5) is 26.8. The van der Waals surface area contributed by atoms with Crippen molar-refractivity contribution >= 4 is 23.5 Å². The molecule has 0 saturated heterocycles. The van der Waals surface area contributed by atoms with Gasteiger partial charge in [0.05, 0.1) is 17.8 Å². The third-order valence-corrected chi connectivity index (χ3v) is 4.05. The van der Waals surface area contributed by atoms with E-state index in [1.165, 1.54) is 6.92 Å². The Morgan fingerprint density at radius 2 is 1.83 bits per heavy atom. The Morgan fingerprint density at radius 3 is 2.37 bits per heavy atom. The Bertz CT molecular complexity index is 968. The van der Waals surface area contributed by atoms with Crippen molar-refractivity contribution in [2.75, 3.05) is 6.54 Å². The highest BCUT2D eigenvalue weighted by atomic mass is 35.5. The minimum atomic E-state index is -5.04. The molecule has 0 atom stereocenters. The molecule has 0 aliphatic carbocycles. The second-order valence-electron chi connectivity index (χ2n) is 6.03. The molecular weight excluding hydrogens is 435 g/mol. The van der Waals surface area contributed by atoms with E-state index in [1.54, 1.807) is 6.92 Å². The van der Waals surface area contributed by atoms with Crippen LogP contribution in [-0.4, -0.2) is 28.5 Å². The molecule has 0 aliphatic heterocycles. The number of benzene rings is 1. The third kappa shape index (κ3) is 5.56. The summed E-state index contributed by atoms with van der Waals surface area (Å²) in [6.45, 7) is 2.51. The van der Waals surface area contributed by atoms with Gasteiger partial charge in [0.2, 0.25) is 5.91 Å². The van der Waals surface area contributed by atoms with E-state index in [0.717, 1.165) is 23.3 Å². The molecule has 6 nitrogen and oxygen atoms in total. The summed E-state index contributed by atoms with van der Waals surface area (Å²) in [5.41, 5.74) is -0.627. The first kappa shape index (κ1) is 23.3. The average molecular weight is 451 g/mol. The van der Waals surface area contributed by atoms with Gasteiger partial charge >= 0.3 is 12.2 Å². The number of hydrazine groups is 1. The lowest BCUT2D eigenvalue weighted by molar-refractivity contribution is -0.139. The zero-order chi connectivity index (χ0) is 22.6. The van der Waals surface area contributed by atoms with Gasteiger partial charge in [0.1, 0.15) is 11.6 Å². The van der Waals surface area contributed by atoms with Crippen LogP contribution in [0.1, 0.15) is 25.1 Å². The van der Waals surface area contributed by atoms with Crippen LogP contribution in [-0.2, 0) is 17.5 Å². The predicted octanol–water partition coefficient (Wildman–Crippen LogP) is 4.28. The van der Waals surface area contributed by atoms with Crippen molar-refractivity contribution in [1.82, 2.24) is 20.7 Å². The fourth-order valence-corrected chi connectivity index (χ4v) is 2.76. The van der Waals surface area contributed by atoms with Crippen molar-refractivity contribution in [3.8, 4) is 11.1 Å². The van der Waals surface area contributed by atoms with E-state index in [2.05, 4.69) is 15.7 Å². The summed E-state index contributed by atoms with van der Waals surface area (Å²) in [6.07, 6.45) is -4.13. The standard InChI is InChI=1S/C18H16ClF5N4O2/c1-3-28(27-9(2)29)17(30)26-8-15-13(20)4-10(7-25-15)12-5-11(19)6-14(21)16(12)18(22,23)24/h4-7H,3,8H2,1-2H3,(H,26,30)(H,27,29). The van der Waals surface area contributed by atoms with Gasteiger partial charge in [-0.1, -0.05) is 11.6 Å². The van der Waals surface area contributed by atoms with Crippen molar-refractivity contribution in [3.63, 3.8) is 0 Å². The van der Waals surface area contributed by atoms with Gasteiger partial charge in [0.25, 0.3) is 0 Å². The second kappa shape index (κ2) is 9.24. The molecule has 0 saturated carbocycles. The maximum atomic E-state index is 14.4. The molecule has 0 bridgehead atoms. The normalized spacial score (nSPS) is 11.2. The van der Waals surface area contributed by atoms with Gasteiger partial charge < -0.3 is 5.32 Å². The number of pyridine rings is 1. The summed E-state index contributed by atoms with van der Waals surface area (Å²) in [7, 11) is 0. The van der Waals surface area contributed by atoms with Gasteiger partial charge in [-0.3, -0.25) is 15.2 Å². The van der Waals surface area contributed by atoms with E-state index < -0.39 is 47.4 Å². The number of rotatable bonds is 4. The number of nitrogens with zero attached hydrogens (tertiary/aromatic N) is 2. The molecule has 2 aromatic rings. The van der Waals surface area contributed by atoms with Crippen LogP contribution in [0.25, 0.3) is 11.1 Å². The molecule has 3 amide bonds. The summed E-state index contributed by atoms with van der Waals surface area (Å²) in [5, 5.41) is 2.96. The van der Waals surface area contributed by atoms with Crippen molar-refractivity contribution in [1.29, 1.82) is 0 Å². The third-order valence-electron chi connectivity index (χ3n) is 3.83. The fraction of sp³-hybridized carbons (Fsp3) is 0.278. The number of hydrogen-bond acceptors (Lipinski definition) is 3. The molecule has 0 aliphatic rings. The van der Waals surface area contributed by atoms with E-state index in [-0.39, 0.29) is 22.8 Å². The number of nitrogens with one attached hydrogen (secondary N) is 2. The van der Waals surface area contributed by atoms with Crippen LogP contribution in [0.5, 0.6) is 0 Å². The molecule has 1 aromatic heterocycles. The second-order valence-corrected chi connectivity index (χ2v) is 6.47. The van der Waals surface area contributed by atoms with Crippen LogP contribution < -0.4 is 10.7 Å². The zero-order valence-electron chi connectivity index (χ0n) is 15.7. The van der Waals surface area contributed by atoms with Crippen molar-refractivity contribution in [2.24, 2.45) is 0 Å². The van der Waals surface area contributed by atoms with Gasteiger partial charge in [-0.25, -0.2) is 18.6 Å². The minimum absolute atomic E-state index is 0.126. The van der Waals surface area contributed by atoms with Crippen molar-refractivity contribution in [3.05, 3.63) is 52.3 Å². The molecule has 1 heterocycles. The Kier molecular flexibility index (Phi) is 7.19. The molecule has 12 heteroatoms. The maximum Gasteiger partial charge on any atom is 0.419 e. The summed E-state index contributed by atoms with van der Waals surface area (Å²) >= 11 is 5.65. The molecule has 0 fully saturated rings. The van der Waals surface area contributed by atoms with Gasteiger partial charge in [-0.15, -0.1) is 0 Å². The first-order valence-electron chi connectivity index (χ1n) is 8.47. The van der Waals surface area contributed by atoms with Gasteiger partial charge in [0.15, 0.2) is 0 Å². The molecule has 162 valence electrons. The van der Waals surface area contributed by atoms with Crippen molar-refractivity contribution < 1.29 is 31.5 Å². The van der Waals surface area contributed by atoms with Crippen LogP contribution >= 0.6 is 11.6 Å². The SMILES string of the molecule is CCN(NC(C)=O)C(=O)NCc1ncc(-c2cc(Cl)cc(F)c2C(F)(F)F)cc1F. The fourth-order valence-electron chi connectivity index (χ4n) is 2.55. The van der Waals surface area contributed by atoms with Crippen LogP contribution in [0.3, 0.4) is 0 Å². The quantitative estimate of drug-likeness (QED) is 0.539. The number of halogens is 6. The van der Waals surface area contributed by atoms with Crippen LogP contribution in [0.15, 0.2) is 24.4 Å². The molecular formula is C18H16ClF5N4O2. The van der Waals surface area contributed by atoms with E-state index >= 15 is 0 Å². The number of urea groups is 1. The number of amides is 3. The lowest BCUT2D eigenvalue weighted by Gasteiger charge is -2.21. The van der Waals surface area contributed by atoms with E-state index in [0.29, 0.717) is 6.07 Å². The molecule has 0 radical (unpaired) electrons. The van der Waals surface area contributed by atoms with E-state index in [9.17, 15) is 31.5 Å². The highest BCUT2D eigenvalue weighted by Crippen LogP contribution is 2.40. The van der Waals surface area contributed by atoms with Crippen LogP contribution in [0, 0.1) is 11.6 Å². The predicted molar refractivity (Wildman–Crippen MR) is 98.0 cm³/mol. The topological polar surface area (TPSA) is 74.3 Å². The van der Waals surface area contributed by atoms with Crippen LogP contribution in [0.4, 0.5) is 26.7 Å². The molecule has 2 N–H and O–H groups in total. The Balaban J connectivity index is 2.29. The summed E-state index contributed by atoms with van der Waals surface area (Å²) < 4.78 is 68.0. The molecule has 30 heavy (non-hydrogen) atoms. The summed E-state index contributed by atoms with van der Waals surface area (Å²) in [5.74, 6) is -3.11. The maximum absolute atomic E-state index is 14.4. The molecule has 1 aromatic carbocycles. The Hall–Kier alpha value is -2.95. The first-order valence-corrected chi connectivity index (χ1v) is 8.85. The van der Waals surface area contributed by atoms with E-state index in [1.807, 2.05) is 0 Å².